The number of nitrogens with one attached hydrogen (secondary N) is 1. The molecule has 1 N–H and O–H groups in total. The van der Waals surface area contributed by atoms with Crippen LogP contribution in [0, 0.1) is 0 Å². The van der Waals surface area contributed by atoms with Crippen LogP contribution in [0.15, 0.2) is 47.1 Å². The summed E-state index contributed by atoms with van der Waals surface area (Å²) in [7, 11) is 0. The Kier molecular flexibility index (Phi) is 3.79. The lowest BCUT2D eigenvalue weighted by Crippen LogP contribution is -2.29. The van der Waals surface area contributed by atoms with E-state index >= 15 is 0 Å². The molecule has 4 nitrogen and oxygen atoms in total. The molecule has 0 spiro atoms. The maximum Gasteiger partial charge on any atom is 0.287 e. The average Bonchev–Trinajstić information content (AvgIpc) is 2.90. The lowest BCUT2D eigenvalue weighted by Gasteiger charge is -2.03. The minimum absolute atomic E-state index is 0.0822. The van der Waals surface area contributed by atoms with Crippen LogP contribution in [0.25, 0.3) is 0 Å². The van der Waals surface area contributed by atoms with Gasteiger partial charge in [0.1, 0.15) is 0 Å². The van der Waals surface area contributed by atoms with Crippen molar-refractivity contribution in [1.29, 1.82) is 0 Å². The molecule has 0 radical (unpaired) electrons. The number of carbonyl (C=O) groups is 2. The van der Waals surface area contributed by atoms with Gasteiger partial charge in [0.15, 0.2) is 11.5 Å². The van der Waals surface area contributed by atoms with Gasteiger partial charge in [0.2, 0.25) is 0 Å². The first kappa shape index (κ1) is 12.4. The fraction of sp³-hybridized carbons (Fsp3) is 0.0769. The van der Waals surface area contributed by atoms with Gasteiger partial charge in [-0.2, -0.15) is 0 Å². The Morgan fingerprint density at radius 2 is 1.89 bits per heavy atom. The van der Waals surface area contributed by atoms with Crippen LogP contribution in [0.4, 0.5) is 0 Å². The van der Waals surface area contributed by atoms with Gasteiger partial charge in [0.05, 0.1) is 12.8 Å². The maximum atomic E-state index is 11.7. The first-order chi connectivity index (χ1) is 8.66. The molecule has 0 bridgehead atoms. The van der Waals surface area contributed by atoms with E-state index in [1.54, 1.807) is 30.3 Å². The van der Waals surface area contributed by atoms with Gasteiger partial charge in [0, 0.05) is 10.6 Å². The number of rotatable bonds is 4. The van der Waals surface area contributed by atoms with Crippen molar-refractivity contribution in [1.82, 2.24) is 5.32 Å². The van der Waals surface area contributed by atoms with E-state index in [0.29, 0.717) is 10.6 Å². The largest absolute Gasteiger partial charge is 0.459 e. The van der Waals surface area contributed by atoms with Crippen LogP contribution in [0.5, 0.6) is 0 Å². The second kappa shape index (κ2) is 5.51. The molecule has 0 saturated heterocycles. The third-order valence-corrected chi connectivity index (χ3v) is 2.57. The van der Waals surface area contributed by atoms with E-state index in [9.17, 15) is 9.59 Å². The number of furan rings is 1. The van der Waals surface area contributed by atoms with Crippen LogP contribution in [-0.2, 0) is 0 Å². The van der Waals surface area contributed by atoms with Crippen LogP contribution >= 0.6 is 11.6 Å². The van der Waals surface area contributed by atoms with Gasteiger partial charge >= 0.3 is 0 Å². The van der Waals surface area contributed by atoms with Crippen molar-refractivity contribution in [2.24, 2.45) is 0 Å². The molecule has 0 aliphatic heterocycles. The van der Waals surface area contributed by atoms with E-state index in [2.05, 4.69) is 5.32 Å². The van der Waals surface area contributed by atoms with Crippen molar-refractivity contribution in [3.63, 3.8) is 0 Å². The van der Waals surface area contributed by atoms with Crippen LogP contribution < -0.4 is 5.32 Å². The minimum Gasteiger partial charge on any atom is -0.459 e. The molecule has 5 heteroatoms. The number of Topliss-reactive ketones (excluding diaryl/α,β-unsaturated/α-hetero) is 1. The molecule has 0 aliphatic carbocycles. The molecule has 92 valence electrons. The Morgan fingerprint density at radius 3 is 2.50 bits per heavy atom. The van der Waals surface area contributed by atoms with Crippen molar-refractivity contribution in [3.8, 4) is 0 Å². The summed E-state index contributed by atoms with van der Waals surface area (Å²) in [5, 5.41) is 3.04. The lowest BCUT2D eigenvalue weighted by molar-refractivity contribution is 0.0885. The van der Waals surface area contributed by atoms with E-state index in [1.165, 1.54) is 12.3 Å². The summed E-state index contributed by atoms with van der Waals surface area (Å²) in [5.74, 6) is -0.423. The Labute approximate surface area is 109 Å². The van der Waals surface area contributed by atoms with Crippen molar-refractivity contribution in [2.45, 2.75) is 0 Å². The second-order valence-corrected chi connectivity index (χ2v) is 4.03. The number of halogens is 1. The van der Waals surface area contributed by atoms with E-state index in [-0.39, 0.29) is 18.1 Å². The SMILES string of the molecule is O=C(CNC(=O)c1ccco1)c1ccc(Cl)cc1. The van der Waals surface area contributed by atoms with Crippen molar-refractivity contribution >= 4 is 23.3 Å². The summed E-state index contributed by atoms with van der Waals surface area (Å²) in [6.45, 7) is -0.0822. The zero-order valence-electron chi connectivity index (χ0n) is 9.35. The zero-order chi connectivity index (χ0) is 13.0. The summed E-state index contributed by atoms with van der Waals surface area (Å²) in [6.07, 6.45) is 1.40. The highest BCUT2D eigenvalue weighted by atomic mass is 35.5. The van der Waals surface area contributed by atoms with Crippen molar-refractivity contribution in [3.05, 3.63) is 59.0 Å². The van der Waals surface area contributed by atoms with E-state index < -0.39 is 5.91 Å². The molecule has 0 fully saturated rings. The monoisotopic (exact) mass is 263 g/mol. The van der Waals surface area contributed by atoms with Crippen LogP contribution in [-0.4, -0.2) is 18.2 Å². The van der Waals surface area contributed by atoms with Gasteiger partial charge in [-0.1, -0.05) is 11.6 Å². The predicted molar refractivity (Wildman–Crippen MR) is 66.8 cm³/mol. The van der Waals surface area contributed by atoms with Gasteiger partial charge < -0.3 is 9.73 Å². The Balaban J connectivity index is 1.92. The van der Waals surface area contributed by atoms with Crippen LogP contribution in [0.2, 0.25) is 5.02 Å². The lowest BCUT2D eigenvalue weighted by atomic mass is 10.1. The van der Waals surface area contributed by atoms with E-state index in [1.807, 2.05) is 0 Å². The van der Waals surface area contributed by atoms with Crippen molar-refractivity contribution in [2.75, 3.05) is 6.54 Å². The number of benzene rings is 1. The molecule has 0 saturated carbocycles. The summed E-state index contributed by atoms with van der Waals surface area (Å²) < 4.78 is 4.91. The van der Waals surface area contributed by atoms with Crippen molar-refractivity contribution < 1.29 is 14.0 Å². The van der Waals surface area contributed by atoms with Gasteiger partial charge in [-0.25, -0.2) is 0 Å². The number of hydrogen-bond donors (Lipinski definition) is 1. The fourth-order valence-electron chi connectivity index (χ4n) is 1.39. The molecule has 18 heavy (non-hydrogen) atoms. The molecule has 1 aromatic carbocycles. The third-order valence-electron chi connectivity index (χ3n) is 2.32. The highest BCUT2D eigenvalue weighted by Gasteiger charge is 2.11. The summed E-state index contributed by atoms with van der Waals surface area (Å²) >= 11 is 5.72. The predicted octanol–water partition coefficient (Wildman–Crippen LogP) is 2.55. The Bertz CT molecular complexity index is 546. The minimum atomic E-state index is -0.415. The molecule has 2 aromatic rings. The average molecular weight is 264 g/mol. The standard InChI is InChI=1S/C13H10ClNO3/c14-10-5-3-9(4-6-10)11(16)8-15-13(17)12-2-1-7-18-12/h1-7H,8H2,(H,15,17). The second-order valence-electron chi connectivity index (χ2n) is 3.59. The van der Waals surface area contributed by atoms with Crippen LogP contribution in [0.3, 0.4) is 0 Å². The summed E-state index contributed by atoms with van der Waals surface area (Å²) in [5.41, 5.74) is 0.499. The Morgan fingerprint density at radius 1 is 1.17 bits per heavy atom. The first-order valence-corrected chi connectivity index (χ1v) is 5.65. The topological polar surface area (TPSA) is 59.3 Å². The fourth-order valence-corrected chi connectivity index (χ4v) is 1.52. The zero-order valence-corrected chi connectivity index (χ0v) is 10.1. The molecule has 2 rings (SSSR count). The number of ketones is 1. The molecule has 0 aliphatic rings. The Hall–Kier alpha value is -2.07. The normalized spacial score (nSPS) is 10.1. The van der Waals surface area contributed by atoms with Gasteiger partial charge in [-0.15, -0.1) is 0 Å². The highest BCUT2D eigenvalue weighted by molar-refractivity contribution is 6.30. The number of hydrogen-bond acceptors (Lipinski definition) is 3. The van der Waals surface area contributed by atoms with Crippen LogP contribution in [0.1, 0.15) is 20.9 Å². The number of carbonyl (C=O) groups excluding carboxylic acids is 2. The third kappa shape index (κ3) is 2.99. The molecule has 1 heterocycles. The first-order valence-electron chi connectivity index (χ1n) is 5.27. The summed E-state index contributed by atoms with van der Waals surface area (Å²) in [4.78, 5) is 23.3. The maximum absolute atomic E-state index is 11.7. The summed E-state index contributed by atoms with van der Waals surface area (Å²) in [6, 6.07) is 9.62. The van der Waals surface area contributed by atoms with Gasteiger partial charge in [-0.3, -0.25) is 9.59 Å². The van der Waals surface area contributed by atoms with E-state index in [0.717, 1.165) is 0 Å². The molecule has 1 aromatic heterocycles. The quantitative estimate of drug-likeness (QED) is 0.863. The van der Waals surface area contributed by atoms with Gasteiger partial charge in [-0.05, 0) is 36.4 Å². The smallest absolute Gasteiger partial charge is 0.287 e. The van der Waals surface area contributed by atoms with E-state index in [4.69, 9.17) is 16.0 Å². The molecular weight excluding hydrogens is 254 g/mol. The molecular formula is C13H10ClNO3. The highest BCUT2D eigenvalue weighted by Crippen LogP contribution is 2.09. The molecule has 0 atom stereocenters. The molecule has 0 unspecified atom stereocenters. The van der Waals surface area contributed by atoms with Gasteiger partial charge in [0.25, 0.3) is 5.91 Å². The molecule has 1 amide bonds. The number of amides is 1.